The van der Waals surface area contributed by atoms with Crippen LogP contribution in [-0.2, 0) is 26.0 Å². The second-order valence-electron chi connectivity index (χ2n) is 19.9. The molecule has 2 amide bonds. The molecule has 0 fully saturated rings. The lowest BCUT2D eigenvalue weighted by atomic mass is 10.1. The Balaban J connectivity index is 1.46. The molecule has 0 N–H and O–H groups in total. The molecule has 4 heterocycles. The van der Waals surface area contributed by atoms with Crippen molar-refractivity contribution in [3.8, 4) is 0 Å². The van der Waals surface area contributed by atoms with Crippen LogP contribution in [0.4, 0.5) is 0 Å². The fraction of sp³-hybridized carbons (Fsp3) is 0.650. The van der Waals surface area contributed by atoms with Crippen LogP contribution < -0.4 is 0 Å². The molecule has 0 aromatic carbocycles. The summed E-state index contributed by atoms with van der Waals surface area (Å²) >= 11 is 6.83. The lowest BCUT2D eigenvalue weighted by Gasteiger charge is -2.38. The fourth-order valence-corrected chi connectivity index (χ4v) is 35.6. The highest BCUT2D eigenvalue weighted by Gasteiger charge is 2.49. The molecule has 17 heteroatoms. The summed E-state index contributed by atoms with van der Waals surface area (Å²) in [5, 5.41) is 2.03. The van der Waals surface area contributed by atoms with Crippen molar-refractivity contribution < 1.29 is 26.0 Å². The zero-order chi connectivity index (χ0) is 42.6. The Kier molecular flexibility index (Phi) is 16.9. The van der Waals surface area contributed by atoms with Gasteiger partial charge in [-0.1, -0.05) is 44.6 Å². The average Bonchev–Trinajstić information content (AvgIpc) is 3.80. The maximum Gasteiger partial charge on any atom is 0.314 e. The van der Waals surface area contributed by atoms with Gasteiger partial charge >= 0.3 is 17.1 Å². The molecule has 0 saturated heterocycles. The first kappa shape index (κ1) is 49.1. The number of carbonyl (C=O) groups is 2. The van der Waals surface area contributed by atoms with Gasteiger partial charge in [-0.15, -0.1) is 22.7 Å². The monoisotopic (exact) mass is 986 g/mol. The smallest absolute Gasteiger partial charge is 0.314 e. The summed E-state index contributed by atoms with van der Waals surface area (Å²) in [6.07, 6.45) is 7.96. The van der Waals surface area contributed by atoms with Gasteiger partial charge in [-0.25, -0.2) is 0 Å². The van der Waals surface area contributed by atoms with Crippen molar-refractivity contribution in [2.75, 3.05) is 13.1 Å². The van der Waals surface area contributed by atoms with Gasteiger partial charge in [0.2, 0.25) is 0 Å². The Morgan fingerprint density at radius 2 is 0.912 bits per heavy atom. The van der Waals surface area contributed by atoms with Gasteiger partial charge in [0.05, 0.1) is 36.1 Å². The molecule has 4 rings (SSSR count). The topological polar surface area (TPSA) is 77.5 Å². The summed E-state index contributed by atoms with van der Waals surface area (Å²) in [4.78, 5) is 34.9. The van der Waals surface area contributed by atoms with Gasteiger partial charge in [0.15, 0.2) is 33.3 Å². The molecule has 57 heavy (non-hydrogen) atoms. The molecule has 0 atom stereocenters. The number of halogens is 1. The van der Waals surface area contributed by atoms with Crippen molar-refractivity contribution in [1.29, 1.82) is 0 Å². The minimum Gasteiger partial charge on any atom is -0.437 e. The van der Waals surface area contributed by atoms with E-state index in [-0.39, 0.29) is 11.8 Å². The van der Waals surface area contributed by atoms with Crippen LogP contribution in [0.5, 0.6) is 0 Å². The van der Waals surface area contributed by atoms with E-state index < -0.39 is 50.4 Å². The van der Waals surface area contributed by atoms with Crippen molar-refractivity contribution in [2.45, 2.75) is 155 Å². The van der Waals surface area contributed by atoms with E-state index in [4.69, 9.17) is 16.5 Å². The number of carbonyl (C=O) groups excluding carboxylic acids is 2. The fourth-order valence-electron chi connectivity index (χ4n) is 8.17. The first-order chi connectivity index (χ1) is 26.2. The van der Waals surface area contributed by atoms with E-state index >= 15 is 0 Å². The summed E-state index contributed by atoms with van der Waals surface area (Å²) in [5.74, 6) is -0.102. The highest BCUT2D eigenvalue weighted by atomic mass is 79.9. The van der Waals surface area contributed by atoms with Crippen LogP contribution in [0.2, 0.25) is 104 Å². The summed E-state index contributed by atoms with van der Waals surface area (Å²) in [6.45, 7) is 32.7. The van der Waals surface area contributed by atoms with Gasteiger partial charge in [-0.3, -0.25) is 9.59 Å². The second-order valence-corrected chi connectivity index (χ2v) is 49.0. The van der Waals surface area contributed by atoms with E-state index in [1.807, 2.05) is 39.4 Å². The van der Waals surface area contributed by atoms with Crippen LogP contribution in [-0.4, -0.2) is 85.1 Å². The zero-order valence-corrected chi connectivity index (χ0v) is 46.6. The lowest BCUT2D eigenvalue weighted by molar-refractivity contribution is -0.124. The molecule has 0 aliphatic carbocycles. The van der Waals surface area contributed by atoms with Crippen LogP contribution in [0.1, 0.15) is 61.1 Å². The predicted molar refractivity (Wildman–Crippen MR) is 261 cm³/mol. The van der Waals surface area contributed by atoms with Crippen molar-refractivity contribution in [1.82, 2.24) is 9.80 Å². The Morgan fingerprint density at radius 1 is 0.526 bits per heavy atom. The number of fused-ring (bicyclic) bond motifs is 1. The molecule has 0 spiro atoms. The van der Waals surface area contributed by atoms with Crippen LogP contribution in [0.25, 0.3) is 11.4 Å². The van der Waals surface area contributed by atoms with Crippen molar-refractivity contribution in [3.05, 3.63) is 54.3 Å². The van der Waals surface area contributed by atoms with Gasteiger partial charge in [-0.2, -0.15) is 0 Å². The SMILES string of the molecule is C[Si](C)(C)O[Si](C)(CCCCCCN1C(=O)C2=C(c3ccc(Br)s3)N(CCCCCC[Si](C)(O[Si](C)(C)C)O[Si](C)(C)C)C(=O)C2=C1c1cccs1)O[Si](C)(C)C. The van der Waals surface area contributed by atoms with E-state index in [1.165, 1.54) is 0 Å². The molecule has 2 aliphatic rings. The van der Waals surface area contributed by atoms with Gasteiger partial charge in [0.25, 0.3) is 11.8 Å². The Labute approximate surface area is 367 Å². The van der Waals surface area contributed by atoms with Gasteiger partial charge in [-0.05, 0) is 156 Å². The second kappa shape index (κ2) is 19.7. The van der Waals surface area contributed by atoms with Gasteiger partial charge in [0, 0.05) is 13.1 Å². The third kappa shape index (κ3) is 14.8. The number of amides is 2. The first-order valence-corrected chi connectivity index (χ1v) is 42.1. The molecule has 2 aliphatic heterocycles. The van der Waals surface area contributed by atoms with Gasteiger partial charge in [0.1, 0.15) is 0 Å². The normalized spacial score (nSPS) is 16.3. The van der Waals surface area contributed by atoms with Crippen LogP contribution in [0, 0.1) is 0 Å². The minimum atomic E-state index is -2.28. The third-order valence-corrected chi connectivity index (χ3v) is 31.1. The Bertz CT molecular complexity index is 1730. The molecular weight excluding hydrogens is 917 g/mol. The van der Waals surface area contributed by atoms with E-state index in [2.05, 4.69) is 108 Å². The minimum absolute atomic E-state index is 0.0510. The van der Waals surface area contributed by atoms with Crippen LogP contribution in [0.15, 0.2) is 44.6 Å². The van der Waals surface area contributed by atoms with E-state index in [1.54, 1.807) is 22.7 Å². The third-order valence-electron chi connectivity index (χ3n) is 9.36. The molecule has 0 saturated carbocycles. The Hall–Kier alpha value is -0.559. The maximum absolute atomic E-state index is 14.6. The molecule has 2 aromatic heterocycles. The number of hydrogen-bond acceptors (Lipinski definition) is 8. The quantitative estimate of drug-likeness (QED) is 0.0770. The van der Waals surface area contributed by atoms with E-state index in [0.29, 0.717) is 24.2 Å². The number of nitrogens with zero attached hydrogens (tertiary/aromatic N) is 2. The molecule has 320 valence electrons. The van der Waals surface area contributed by atoms with Crippen molar-refractivity contribution in [3.63, 3.8) is 0 Å². The summed E-state index contributed by atoms with van der Waals surface area (Å²) in [7, 11) is -11.5. The van der Waals surface area contributed by atoms with Crippen molar-refractivity contribution >= 4 is 112 Å². The molecule has 2 aromatic rings. The van der Waals surface area contributed by atoms with Gasteiger partial charge < -0.3 is 26.3 Å². The number of hydrogen-bond donors (Lipinski definition) is 0. The predicted octanol–water partition coefficient (Wildman–Crippen LogP) is 13.0. The van der Waals surface area contributed by atoms with Crippen molar-refractivity contribution in [2.24, 2.45) is 0 Å². The lowest BCUT2D eigenvalue weighted by Crippen LogP contribution is -2.52. The summed E-state index contributed by atoms with van der Waals surface area (Å²) < 4.78 is 27.9. The van der Waals surface area contributed by atoms with Crippen LogP contribution in [0.3, 0.4) is 0 Å². The first-order valence-electron chi connectivity index (χ1n) is 20.9. The molecule has 0 radical (unpaired) electrons. The molecule has 0 unspecified atom stereocenters. The van der Waals surface area contributed by atoms with E-state index in [0.717, 1.165) is 88.4 Å². The Morgan fingerprint density at radius 3 is 1.25 bits per heavy atom. The standard InChI is InChI=1S/C40H71BrN2O6S2Si6/c1-52(2,3)46-56(13,47-53(4,5)6)30-21-17-15-19-27-42-37(32-24-23-29-50-32)35-36(40(42)45)38(33-25-26-34(41)51-33)43(39(35)44)28-20-16-18-22-31-57(14,48-54(7,8)9)49-55(10,11)12/h23-26,29H,15-22,27-28,30-31H2,1-14H3. The molecule has 8 nitrogen and oxygen atoms in total. The highest BCUT2D eigenvalue weighted by molar-refractivity contribution is 9.11. The number of rotatable bonds is 24. The molecule has 0 bridgehead atoms. The summed E-state index contributed by atoms with van der Waals surface area (Å²) in [6, 6.07) is 10.1. The summed E-state index contributed by atoms with van der Waals surface area (Å²) in [5.41, 5.74) is 2.70. The zero-order valence-electron chi connectivity index (χ0n) is 37.4. The van der Waals surface area contributed by atoms with Crippen LogP contribution >= 0.6 is 38.6 Å². The van der Waals surface area contributed by atoms with E-state index in [9.17, 15) is 9.59 Å². The molecular formula is C40H71BrN2O6S2Si6. The number of thiophene rings is 2. The maximum atomic E-state index is 14.6. The number of unbranched alkanes of at least 4 members (excludes halogenated alkanes) is 6. The highest BCUT2D eigenvalue weighted by Crippen LogP contribution is 2.49. The average molecular weight is 989 g/mol. The largest absolute Gasteiger partial charge is 0.437 e.